The molecule has 0 atom stereocenters. The van der Waals surface area contributed by atoms with Gasteiger partial charge in [-0.3, -0.25) is 19.6 Å². The van der Waals surface area contributed by atoms with Crippen molar-refractivity contribution >= 4 is 73.8 Å². The summed E-state index contributed by atoms with van der Waals surface area (Å²) in [6, 6.07) is 53.1. The maximum atomic E-state index is 12.1. The highest BCUT2D eigenvalue weighted by Crippen LogP contribution is 2.37. The quantitative estimate of drug-likeness (QED) is 0.0188. The van der Waals surface area contributed by atoms with Gasteiger partial charge in [0.05, 0.1) is 38.1 Å². The molecule has 0 radical (unpaired) electrons. The molecule has 2 amide bonds. The van der Waals surface area contributed by atoms with Gasteiger partial charge in [-0.05, 0) is 155 Å². The van der Waals surface area contributed by atoms with Crippen molar-refractivity contribution in [3.05, 3.63) is 257 Å². The molecule has 0 unspecified atom stereocenters. The molecule has 2 aromatic heterocycles. The Morgan fingerprint density at radius 1 is 0.489 bits per heavy atom. The van der Waals surface area contributed by atoms with Crippen molar-refractivity contribution in [3.8, 4) is 17.2 Å². The second-order valence-electron chi connectivity index (χ2n) is 21.6. The Labute approximate surface area is 527 Å². The van der Waals surface area contributed by atoms with Gasteiger partial charge in [0, 0.05) is 75.4 Å². The number of esters is 1. The number of amides is 2. The van der Waals surface area contributed by atoms with Crippen LogP contribution in [-0.2, 0) is 60.8 Å². The summed E-state index contributed by atoms with van der Waals surface area (Å²) < 4.78 is 34.6. The van der Waals surface area contributed by atoms with Crippen molar-refractivity contribution in [3.63, 3.8) is 0 Å². The van der Waals surface area contributed by atoms with Crippen LogP contribution >= 0.6 is 0 Å². The van der Waals surface area contributed by atoms with Gasteiger partial charge in [-0.1, -0.05) is 121 Å². The van der Waals surface area contributed by atoms with E-state index in [1.54, 1.807) is 79.4 Å². The van der Waals surface area contributed by atoms with Crippen LogP contribution in [0.1, 0.15) is 72.2 Å². The molecule has 8 aromatic rings. The molecular weight excluding hydrogens is 1140 g/mol. The molecule has 17 nitrogen and oxygen atoms in total. The predicted octanol–water partition coefficient (Wildman–Crippen LogP) is 7.22. The van der Waals surface area contributed by atoms with Crippen molar-refractivity contribution in [1.82, 2.24) is 20.6 Å². The van der Waals surface area contributed by atoms with Gasteiger partial charge in [-0.15, -0.1) is 0 Å². The highest BCUT2D eigenvalue weighted by Gasteiger charge is 2.52. The van der Waals surface area contributed by atoms with E-state index in [1.165, 1.54) is 54.2 Å². The number of carbonyl (C=O) groups excluding carboxylic acids is 3. The zero-order valence-electron chi connectivity index (χ0n) is 51.2. The lowest BCUT2D eigenvalue weighted by atomic mass is 9.75. The van der Waals surface area contributed by atoms with E-state index in [9.17, 15) is 34.5 Å². The smallest absolute Gasteiger partial charge is 0.493 e. The summed E-state index contributed by atoms with van der Waals surface area (Å²) >= 11 is 0. The summed E-state index contributed by atoms with van der Waals surface area (Å²) in [6.45, 7) is 10.3. The van der Waals surface area contributed by atoms with Crippen LogP contribution < -0.4 is 41.2 Å². The molecule has 462 valence electrons. The molecular formula is C70H75B3N4O13. The van der Waals surface area contributed by atoms with Crippen LogP contribution in [0.15, 0.2) is 213 Å². The minimum atomic E-state index is -1.65. The number of rotatable bonds is 25. The van der Waals surface area contributed by atoms with Crippen molar-refractivity contribution in [2.75, 3.05) is 26.9 Å². The van der Waals surface area contributed by atoms with E-state index in [0.717, 1.165) is 47.2 Å². The van der Waals surface area contributed by atoms with Crippen molar-refractivity contribution in [1.29, 1.82) is 0 Å². The average Bonchev–Trinajstić information content (AvgIpc) is 2.12. The fraction of sp³-hybridized carbons (Fsp3) is 0.214. The van der Waals surface area contributed by atoms with Crippen LogP contribution in [0.4, 0.5) is 0 Å². The molecule has 0 spiro atoms. The Bertz CT molecular complexity index is 3440. The average molecular weight is 1210 g/mol. The van der Waals surface area contributed by atoms with Crippen LogP contribution in [0.25, 0.3) is 18.2 Å². The molecule has 3 heterocycles. The largest absolute Gasteiger partial charge is 0.495 e. The van der Waals surface area contributed by atoms with Crippen molar-refractivity contribution in [2.45, 2.75) is 71.2 Å². The highest BCUT2D eigenvalue weighted by atomic mass is 16.7. The first-order valence-corrected chi connectivity index (χ1v) is 29.4. The number of methoxy groups -OCH3 is 1. The van der Waals surface area contributed by atoms with Crippen molar-refractivity contribution < 1.29 is 62.7 Å². The normalized spacial score (nSPS) is 12.9. The third-order valence-electron chi connectivity index (χ3n) is 14.6. The van der Waals surface area contributed by atoms with Crippen LogP contribution in [0.2, 0.25) is 0 Å². The lowest BCUT2D eigenvalue weighted by Crippen LogP contribution is -2.41. The van der Waals surface area contributed by atoms with E-state index >= 15 is 0 Å². The van der Waals surface area contributed by atoms with Gasteiger partial charge in [0.1, 0.15) is 17.2 Å². The summed E-state index contributed by atoms with van der Waals surface area (Å²) in [4.78, 5) is 43.9. The third-order valence-corrected chi connectivity index (χ3v) is 14.6. The molecule has 0 saturated carbocycles. The first kappa shape index (κ1) is 68.1. The Morgan fingerprint density at radius 3 is 1.22 bits per heavy atom. The number of nitrogens with zero attached hydrogens (tertiary/aromatic N) is 2. The second kappa shape index (κ2) is 35.0. The van der Waals surface area contributed by atoms with Gasteiger partial charge in [0.15, 0.2) is 0 Å². The molecule has 0 aliphatic carbocycles. The zero-order chi connectivity index (χ0) is 64.1. The maximum absolute atomic E-state index is 12.1. The molecule has 9 rings (SSSR count). The van der Waals surface area contributed by atoms with Gasteiger partial charge in [0.2, 0.25) is 11.8 Å². The lowest BCUT2D eigenvalue weighted by Gasteiger charge is -2.32. The second-order valence-corrected chi connectivity index (χ2v) is 21.6. The van der Waals surface area contributed by atoms with E-state index in [4.69, 9.17) is 28.3 Å². The Hall–Kier alpha value is -9.40. The van der Waals surface area contributed by atoms with E-state index in [2.05, 4.69) is 32.7 Å². The number of benzene rings is 6. The summed E-state index contributed by atoms with van der Waals surface area (Å²) in [7, 11) is -2.49. The molecule has 1 saturated heterocycles. The third kappa shape index (κ3) is 22.3. The fourth-order valence-electron chi connectivity index (χ4n) is 8.87. The number of hydrogen-bond acceptors (Lipinski definition) is 15. The van der Waals surface area contributed by atoms with E-state index < -0.39 is 38.5 Å². The van der Waals surface area contributed by atoms with E-state index in [1.807, 2.05) is 137 Å². The highest BCUT2D eigenvalue weighted by molar-refractivity contribution is 6.63. The number of nitrogens with one attached hydrogen (secondary N) is 2. The molecule has 1 aliphatic rings. The van der Waals surface area contributed by atoms with E-state index in [0.29, 0.717) is 66.5 Å². The Morgan fingerprint density at radius 2 is 0.856 bits per heavy atom. The van der Waals surface area contributed by atoms with Crippen LogP contribution in [-0.4, -0.2) is 107 Å². The lowest BCUT2D eigenvalue weighted by molar-refractivity contribution is -0.134. The topological polar surface area (TPSA) is 237 Å². The Kier molecular flexibility index (Phi) is 26.5. The summed E-state index contributed by atoms with van der Waals surface area (Å²) in [6.07, 6.45) is 17.9. The number of pyridine rings is 2. The van der Waals surface area contributed by atoms with Gasteiger partial charge >= 0.3 is 27.3 Å². The minimum Gasteiger partial charge on any atom is -0.493 e. The molecule has 6 aromatic carbocycles. The standard InChI is InChI=1S/C24H29BO5.2C23H23BN2O4/c1-23(2)24(3,4)30-25(29-23)21-13-12-20(17-19(21)11-14-22(26)27-5)28-16-15-18-9-7-6-8-10-18;2*27-23(26-17-19-7-4-13-25-16-19)11-8-20-15-21(9-10-22(20)24(28)29)30-14-12-18-5-2-1-3-6-18/h6-14,17H,15-16H2,1-5H3;2*1-11,13,15-16,28-29H,12,14,17H2,(H,26,27)/b14-11+;2*11-8+. The molecule has 0 bridgehead atoms. The zero-order valence-corrected chi connectivity index (χ0v) is 51.2. The van der Waals surface area contributed by atoms with Gasteiger partial charge < -0.3 is 59.0 Å². The molecule has 90 heavy (non-hydrogen) atoms. The number of aromatic nitrogens is 2. The Balaban J connectivity index is 0.000000192. The van der Waals surface area contributed by atoms with Gasteiger partial charge in [-0.25, -0.2) is 4.79 Å². The summed E-state index contributed by atoms with van der Waals surface area (Å²) in [5.74, 6) is 0.873. The SMILES string of the molecule is COC(=O)/C=C/c1cc(OCCc2ccccc2)ccc1B1OC(C)(C)C(C)(C)O1.O=C(/C=C/c1cc(OCCc2ccccc2)ccc1B(O)O)NCc1cccnc1.O=C(/C=C/c1cc(OCCc2ccccc2)ccc1B(O)O)NCc1cccnc1. The maximum Gasteiger partial charge on any atom is 0.495 e. The van der Waals surface area contributed by atoms with Gasteiger partial charge in [-0.2, -0.15) is 0 Å². The number of hydrogen-bond donors (Lipinski definition) is 6. The monoisotopic (exact) mass is 1210 g/mol. The fourth-order valence-corrected chi connectivity index (χ4v) is 8.87. The van der Waals surface area contributed by atoms with Crippen LogP contribution in [0.5, 0.6) is 17.2 Å². The summed E-state index contributed by atoms with van der Waals surface area (Å²) in [5.41, 5.74) is 7.64. The minimum absolute atomic E-state index is 0.293. The predicted molar refractivity (Wildman–Crippen MR) is 353 cm³/mol. The molecule has 1 fully saturated rings. The van der Waals surface area contributed by atoms with Crippen LogP contribution in [0, 0.1) is 0 Å². The van der Waals surface area contributed by atoms with Crippen molar-refractivity contribution in [2.24, 2.45) is 0 Å². The van der Waals surface area contributed by atoms with Crippen LogP contribution in [0.3, 0.4) is 0 Å². The van der Waals surface area contributed by atoms with Gasteiger partial charge in [0.25, 0.3) is 0 Å². The molecule has 20 heteroatoms. The number of ether oxygens (including phenoxy) is 4. The summed E-state index contributed by atoms with van der Waals surface area (Å²) in [5, 5.41) is 44.0. The van der Waals surface area contributed by atoms with E-state index in [-0.39, 0.29) is 11.8 Å². The molecule has 1 aliphatic heterocycles. The molecule has 6 N–H and O–H groups in total. The number of carbonyl (C=O) groups is 3. The first-order valence-electron chi connectivity index (χ1n) is 29.4. The first-order chi connectivity index (χ1) is 43.4.